The van der Waals surface area contributed by atoms with Gasteiger partial charge in [0.1, 0.15) is 0 Å². The van der Waals surface area contributed by atoms with Gasteiger partial charge in [-0.25, -0.2) is 0 Å². The quantitative estimate of drug-likeness (QED) is 0.922. The van der Waals surface area contributed by atoms with Gasteiger partial charge in [-0.1, -0.05) is 30.3 Å². The highest BCUT2D eigenvalue weighted by molar-refractivity contribution is 5.21. The fourth-order valence-corrected chi connectivity index (χ4v) is 3.32. The molecule has 1 heterocycles. The monoisotopic (exact) mass is 267 g/mol. The van der Waals surface area contributed by atoms with E-state index in [0.717, 1.165) is 25.7 Å². The summed E-state index contributed by atoms with van der Waals surface area (Å²) in [4.78, 5) is 4.06. The Morgan fingerprint density at radius 2 is 1.75 bits per heavy atom. The first-order valence-corrected chi connectivity index (χ1v) is 7.45. The second kappa shape index (κ2) is 6.19. The molecule has 1 saturated carbocycles. The molecule has 2 heteroatoms. The van der Waals surface area contributed by atoms with Gasteiger partial charge in [-0.3, -0.25) is 4.98 Å². The Morgan fingerprint density at radius 1 is 1.00 bits per heavy atom. The molecule has 0 bridgehead atoms. The lowest BCUT2D eigenvalue weighted by Gasteiger charge is -2.33. The minimum absolute atomic E-state index is 0.164. The summed E-state index contributed by atoms with van der Waals surface area (Å²) in [5, 5.41) is 10.3. The van der Waals surface area contributed by atoms with E-state index >= 15 is 0 Å². The second-order valence-electron chi connectivity index (χ2n) is 5.81. The van der Waals surface area contributed by atoms with Crippen LogP contribution in [0.15, 0.2) is 54.9 Å². The maximum Gasteiger partial charge on any atom is 0.0572 e. The van der Waals surface area contributed by atoms with E-state index < -0.39 is 0 Å². The lowest BCUT2D eigenvalue weighted by molar-refractivity contribution is 0.0619. The SMILES string of the molecule is OC1CCC(c2ccccc2)CC1Cc1ccncc1. The summed E-state index contributed by atoms with van der Waals surface area (Å²) in [6.07, 6.45) is 7.54. The molecule has 1 aromatic heterocycles. The van der Waals surface area contributed by atoms with Gasteiger partial charge in [0.25, 0.3) is 0 Å². The van der Waals surface area contributed by atoms with Gasteiger partial charge in [0, 0.05) is 12.4 Å². The molecule has 1 N–H and O–H groups in total. The fraction of sp³-hybridized carbons (Fsp3) is 0.389. The number of aliphatic hydroxyl groups excluding tert-OH is 1. The maximum absolute atomic E-state index is 10.3. The highest BCUT2D eigenvalue weighted by Crippen LogP contribution is 2.37. The van der Waals surface area contributed by atoms with Crippen LogP contribution in [0, 0.1) is 5.92 Å². The van der Waals surface area contributed by atoms with Crippen LogP contribution in [0.5, 0.6) is 0 Å². The zero-order chi connectivity index (χ0) is 13.8. The molecule has 0 saturated heterocycles. The first-order chi connectivity index (χ1) is 9.83. The van der Waals surface area contributed by atoms with Crippen molar-refractivity contribution >= 4 is 0 Å². The summed E-state index contributed by atoms with van der Waals surface area (Å²) in [5.41, 5.74) is 2.69. The zero-order valence-corrected chi connectivity index (χ0v) is 11.7. The summed E-state index contributed by atoms with van der Waals surface area (Å²) in [7, 11) is 0. The number of hydrogen-bond donors (Lipinski definition) is 1. The molecule has 0 spiro atoms. The van der Waals surface area contributed by atoms with Gasteiger partial charge in [-0.2, -0.15) is 0 Å². The van der Waals surface area contributed by atoms with Crippen LogP contribution in [-0.4, -0.2) is 16.2 Å². The smallest absolute Gasteiger partial charge is 0.0572 e. The van der Waals surface area contributed by atoms with Crippen LogP contribution in [0.3, 0.4) is 0 Å². The van der Waals surface area contributed by atoms with Crippen molar-refractivity contribution in [2.75, 3.05) is 0 Å². The first kappa shape index (κ1) is 13.3. The van der Waals surface area contributed by atoms with Crippen LogP contribution < -0.4 is 0 Å². The van der Waals surface area contributed by atoms with Crippen molar-refractivity contribution in [2.24, 2.45) is 5.92 Å². The first-order valence-electron chi connectivity index (χ1n) is 7.45. The van der Waals surface area contributed by atoms with E-state index in [-0.39, 0.29) is 6.10 Å². The molecular weight excluding hydrogens is 246 g/mol. The number of aliphatic hydroxyl groups is 1. The van der Waals surface area contributed by atoms with Gasteiger partial charge in [-0.15, -0.1) is 0 Å². The van der Waals surface area contributed by atoms with Crippen molar-refractivity contribution < 1.29 is 5.11 Å². The topological polar surface area (TPSA) is 33.1 Å². The van der Waals surface area contributed by atoms with E-state index in [1.807, 2.05) is 12.4 Å². The van der Waals surface area contributed by atoms with Gasteiger partial charge >= 0.3 is 0 Å². The van der Waals surface area contributed by atoms with Crippen molar-refractivity contribution in [1.82, 2.24) is 4.98 Å². The molecule has 1 aromatic carbocycles. The summed E-state index contributed by atoms with van der Waals surface area (Å²) >= 11 is 0. The molecule has 3 unspecified atom stereocenters. The van der Waals surface area contributed by atoms with Crippen molar-refractivity contribution in [3.8, 4) is 0 Å². The average Bonchev–Trinajstić information content (AvgIpc) is 2.51. The normalized spacial score (nSPS) is 26.4. The maximum atomic E-state index is 10.3. The highest BCUT2D eigenvalue weighted by Gasteiger charge is 2.29. The molecule has 2 aromatic rings. The van der Waals surface area contributed by atoms with E-state index in [0.29, 0.717) is 11.8 Å². The highest BCUT2D eigenvalue weighted by atomic mass is 16.3. The zero-order valence-electron chi connectivity index (χ0n) is 11.7. The van der Waals surface area contributed by atoms with Crippen LogP contribution >= 0.6 is 0 Å². The molecule has 0 aliphatic heterocycles. The van der Waals surface area contributed by atoms with E-state index in [9.17, 15) is 5.11 Å². The molecular formula is C18H21NO. The van der Waals surface area contributed by atoms with Crippen LogP contribution in [0.1, 0.15) is 36.3 Å². The Morgan fingerprint density at radius 3 is 2.50 bits per heavy atom. The Labute approximate surface area is 120 Å². The Bertz CT molecular complexity index is 526. The van der Waals surface area contributed by atoms with Gasteiger partial charge in [0.05, 0.1) is 6.10 Å². The average molecular weight is 267 g/mol. The standard InChI is InChI=1S/C18H21NO/c20-18-7-6-16(15-4-2-1-3-5-15)13-17(18)12-14-8-10-19-11-9-14/h1-5,8-11,16-18,20H,6-7,12-13H2. The number of aromatic nitrogens is 1. The lowest BCUT2D eigenvalue weighted by Crippen LogP contribution is -2.29. The van der Waals surface area contributed by atoms with Gasteiger partial charge in [-0.05, 0) is 60.8 Å². The summed E-state index contributed by atoms with van der Waals surface area (Å²) in [6.45, 7) is 0. The molecule has 3 rings (SSSR count). The van der Waals surface area contributed by atoms with E-state index in [4.69, 9.17) is 0 Å². The van der Waals surface area contributed by atoms with Crippen LogP contribution in [0.25, 0.3) is 0 Å². The third kappa shape index (κ3) is 3.07. The van der Waals surface area contributed by atoms with Crippen molar-refractivity contribution in [1.29, 1.82) is 0 Å². The second-order valence-corrected chi connectivity index (χ2v) is 5.81. The van der Waals surface area contributed by atoms with Crippen LogP contribution in [-0.2, 0) is 6.42 Å². The Hall–Kier alpha value is -1.67. The largest absolute Gasteiger partial charge is 0.393 e. The predicted molar refractivity (Wildman–Crippen MR) is 80.5 cm³/mol. The van der Waals surface area contributed by atoms with Crippen LogP contribution in [0.2, 0.25) is 0 Å². The third-order valence-corrected chi connectivity index (χ3v) is 4.46. The number of benzene rings is 1. The third-order valence-electron chi connectivity index (χ3n) is 4.46. The van der Waals surface area contributed by atoms with Crippen molar-refractivity contribution in [3.05, 3.63) is 66.0 Å². The van der Waals surface area contributed by atoms with E-state index in [1.54, 1.807) is 0 Å². The molecule has 104 valence electrons. The minimum Gasteiger partial charge on any atom is -0.393 e. The minimum atomic E-state index is -0.164. The molecule has 3 atom stereocenters. The van der Waals surface area contributed by atoms with Crippen LogP contribution in [0.4, 0.5) is 0 Å². The van der Waals surface area contributed by atoms with Gasteiger partial charge in [0.2, 0.25) is 0 Å². The summed E-state index contributed by atoms with van der Waals surface area (Å²) in [6, 6.07) is 14.8. The molecule has 2 nitrogen and oxygen atoms in total. The van der Waals surface area contributed by atoms with Gasteiger partial charge < -0.3 is 5.11 Å². The fourth-order valence-electron chi connectivity index (χ4n) is 3.32. The summed E-state index contributed by atoms with van der Waals surface area (Å²) < 4.78 is 0. The predicted octanol–water partition coefficient (Wildman–Crippen LogP) is 3.57. The molecule has 1 fully saturated rings. The molecule has 1 aliphatic carbocycles. The van der Waals surface area contributed by atoms with E-state index in [2.05, 4.69) is 47.4 Å². The van der Waals surface area contributed by atoms with Crippen molar-refractivity contribution in [2.45, 2.75) is 37.7 Å². The molecule has 0 amide bonds. The van der Waals surface area contributed by atoms with E-state index in [1.165, 1.54) is 11.1 Å². The van der Waals surface area contributed by atoms with Crippen molar-refractivity contribution in [3.63, 3.8) is 0 Å². The molecule has 20 heavy (non-hydrogen) atoms. The number of hydrogen-bond acceptors (Lipinski definition) is 2. The molecule has 1 aliphatic rings. The number of nitrogens with zero attached hydrogens (tertiary/aromatic N) is 1. The van der Waals surface area contributed by atoms with Gasteiger partial charge in [0.15, 0.2) is 0 Å². The Balaban J connectivity index is 1.71. The number of pyridine rings is 1. The molecule has 0 radical (unpaired) electrons. The number of rotatable bonds is 3. The Kier molecular flexibility index (Phi) is 4.12. The lowest BCUT2D eigenvalue weighted by atomic mass is 9.74. The summed E-state index contributed by atoms with van der Waals surface area (Å²) in [5.74, 6) is 0.947.